The molecule has 2 N–H and O–H groups in total. The third kappa shape index (κ3) is 3.07. The first kappa shape index (κ1) is 17.0. The van der Waals surface area contributed by atoms with Crippen molar-refractivity contribution in [2.24, 2.45) is 0 Å². The van der Waals surface area contributed by atoms with Gasteiger partial charge in [0.1, 0.15) is 5.54 Å². The number of hydrogen-bond acceptors (Lipinski definition) is 3. The summed E-state index contributed by atoms with van der Waals surface area (Å²) >= 11 is 0. The van der Waals surface area contributed by atoms with Gasteiger partial charge in [0.05, 0.1) is 0 Å². The number of carbonyl (C=O) groups excluding carboxylic acids is 3. The van der Waals surface area contributed by atoms with Gasteiger partial charge in [-0.2, -0.15) is 0 Å². The predicted octanol–water partition coefficient (Wildman–Crippen LogP) is 2.13. The maximum atomic E-state index is 13.0. The van der Waals surface area contributed by atoms with Gasteiger partial charge >= 0.3 is 6.03 Å². The maximum Gasteiger partial charge on any atom is 0.325 e. The number of hydrogen-bond donors (Lipinski definition) is 2. The van der Waals surface area contributed by atoms with Gasteiger partial charge in [-0.25, -0.2) is 4.79 Å². The van der Waals surface area contributed by atoms with E-state index < -0.39 is 11.6 Å². The summed E-state index contributed by atoms with van der Waals surface area (Å²) in [6.45, 7) is 3.87. The average Bonchev–Trinajstić information content (AvgIpc) is 2.81. The van der Waals surface area contributed by atoms with Gasteiger partial charge in [-0.1, -0.05) is 42.5 Å². The topological polar surface area (TPSA) is 78.5 Å². The number of nitrogens with one attached hydrogen (secondary N) is 2. The quantitative estimate of drug-likeness (QED) is 0.647. The van der Waals surface area contributed by atoms with Crippen molar-refractivity contribution in [1.29, 1.82) is 0 Å². The number of imide groups is 1. The Kier molecular flexibility index (Phi) is 4.44. The highest BCUT2D eigenvalue weighted by Gasteiger charge is 2.49. The lowest BCUT2D eigenvalue weighted by Crippen LogP contribution is -2.41. The SMILES string of the molecule is CC(=O)NCCCN1C(=O)N[C@](C)(c2cccc3ccccc23)C1=O. The Hall–Kier alpha value is -2.89. The number of urea groups is 1. The molecule has 2 aromatic rings. The monoisotopic (exact) mass is 339 g/mol. The summed E-state index contributed by atoms with van der Waals surface area (Å²) in [7, 11) is 0. The summed E-state index contributed by atoms with van der Waals surface area (Å²) in [4.78, 5) is 37.4. The van der Waals surface area contributed by atoms with Gasteiger partial charge in [0.15, 0.2) is 0 Å². The van der Waals surface area contributed by atoms with E-state index in [1.807, 2.05) is 42.5 Å². The van der Waals surface area contributed by atoms with E-state index in [2.05, 4.69) is 10.6 Å². The lowest BCUT2D eigenvalue weighted by atomic mass is 9.88. The smallest absolute Gasteiger partial charge is 0.325 e. The molecule has 6 heteroatoms. The van der Waals surface area contributed by atoms with Crippen LogP contribution in [0.2, 0.25) is 0 Å². The summed E-state index contributed by atoms with van der Waals surface area (Å²) in [6, 6.07) is 13.1. The van der Waals surface area contributed by atoms with E-state index in [0.717, 1.165) is 16.3 Å². The minimum Gasteiger partial charge on any atom is -0.356 e. The second-order valence-corrected chi connectivity index (χ2v) is 6.38. The molecule has 1 atom stereocenters. The summed E-state index contributed by atoms with van der Waals surface area (Å²) < 4.78 is 0. The predicted molar refractivity (Wildman–Crippen MR) is 94.8 cm³/mol. The molecule has 4 amide bonds. The van der Waals surface area contributed by atoms with E-state index in [9.17, 15) is 14.4 Å². The minimum atomic E-state index is -1.09. The molecule has 0 aliphatic carbocycles. The Balaban J connectivity index is 1.85. The molecule has 6 nitrogen and oxygen atoms in total. The molecule has 0 unspecified atom stereocenters. The Morgan fingerprint density at radius 1 is 1.16 bits per heavy atom. The maximum absolute atomic E-state index is 13.0. The lowest BCUT2D eigenvalue weighted by molar-refractivity contribution is -0.131. The van der Waals surface area contributed by atoms with Crippen LogP contribution in [-0.4, -0.2) is 35.8 Å². The third-order valence-corrected chi connectivity index (χ3v) is 4.54. The molecule has 130 valence electrons. The lowest BCUT2D eigenvalue weighted by Gasteiger charge is -2.24. The Labute approximate surface area is 146 Å². The first-order valence-electron chi connectivity index (χ1n) is 8.30. The normalized spacial score (nSPS) is 20.0. The number of nitrogens with zero attached hydrogens (tertiary/aromatic N) is 1. The van der Waals surface area contributed by atoms with Crippen molar-refractivity contribution in [1.82, 2.24) is 15.5 Å². The Bertz CT molecular complexity index is 843. The van der Waals surface area contributed by atoms with Gasteiger partial charge in [0.2, 0.25) is 5.91 Å². The molecular formula is C19H21N3O3. The highest BCUT2D eigenvalue weighted by atomic mass is 16.2. The second kappa shape index (κ2) is 6.55. The molecule has 0 radical (unpaired) electrons. The number of fused-ring (bicyclic) bond motifs is 1. The van der Waals surface area contributed by atoms with E-state index in [1.165, 1.54) is 11.8 Å². The molecular weight excluding hydrogens is 318 g/mol. The van der Waals surface area contributed by atoms with Gasteiger partial charge in [-0.05, 0) is 29.7 Å². The van der Waals surface area contributed by atoms with Gasteiger partial charge in [0.25, 0.3) is 5.91 Å². The van der Waals surface area contributed by atoms with Crippen molar-refractivity contribution in [3.63, 3.8) is 0 Å². The molecule has 1 heterocycles. The van der Waals surface area contributed by atoms with Crippen LogP contribution < -0.4 is 10.6 Å². The first-order chi connectivity index (χ1) is 11.9. The van der Waals surface area contributed by atoms with Crippen LogP contribution in [0.5, 0.6) is 0 Å². The van der Waals surface area contributed by atoms with E-state index in [-0.39, 0.29) is 18.4 Å². The third-order valence-electron chi connectivity index (χ3n) is 4.54. The van der Waals surface area contributed by atoms with Crippen LogP contribution in [0.15, 0.2) is 42.5 Å². The van der Waals surface area contributed by atoms with Gasteiger partial charge in [0, 0.05) is 20.0 Å². The number of carbonyl (C=O) groups is 3. The second-order valence-electron chi connectivity index (χ2n) is 6.38. The fraction of sp³-hybridized carbons (Fsp3) is 0.316. The van der Waals surface area contributed by atoms with E-state index in [1.54, 1.807) is 6.92 Å². The molecule has 1 saturated heterocycles. The molecule has 2 aromatic carbocycles. The number of benzene rings is 2. The van der Waals surface area contributed by atoms with E-state index in [4.69, 9.17) is 0 Å². The molecule has 3 rings (SSSR count). The molecule has 0 spiro atoms. The molecule has 1 fully saturated rings. The fourth-order valence-corrected chi connectivity index (χ4v) is 3.25. The number of rotatable bonds is 5. The fourth-order valence-electron chi connectivity index (χ4n) is 3.25. The van der Waals surface area contributed by atoms with Crippen LogP contribution in [0.3, 0.4) is 0 Å². The summed E-state index contributed by atoms with van der Waals surface area (Å²) in [5.41, 5.74) is -0.306. The molecule has 1 aliphatic heterocycles. The van der Waals surface area contributed by atoms with Crippen molar-refractivity contribution in [3.05, 3.63) is 48.0 Å². The summed E-state index contributed by atoms with van der Waals surface area (Å²) in [5.74, 6) is -0.394. The van der Waals surface area contributed by atoms with E-state index >= 15 is 0 Å². The molecule has 0 saturated carbocycles. The van der Waals surface area contributed by atoms with Gasteiger partial charge < -0.3 is 10.6 Å². The summed E-state index contributed by atoms with van der Waals surface area (Å²) in [5, 5.41) is 7.47. The zero-order valence-electron chi connectivity index (χ0n) is 14.3. The van der Waals surface area contributed by atoms with Crippen molar-refractivity contribution in [2.45, 2.75) is 25.8 Å². The first-order valence-corrected chi connectivity index (χ1v) is 8.30. The molecule has 0 bridgehead atoms. The Morgan fingerprint density at radius 3 is 2.64 bits per heavy atom. The standard InChI is InChI=1S/C19H21N3O3/c1-13(23)20-11-6-12-22-17(24)19(2,21-18(22)25)16-10-5-8-14-7-3-4-9-15(14)16/h3-5,7-10H,6,11-12H2,1-2H3,(H,20,23)(H,21,25)/t19-/m1/s1. The highest BCUT2D eigenvalue weighted by molar-refractivity contribution is 6.09. The Morgan fingerprint density at radius 2 is 1.88 bits per heavy atom. The van der Waals surface area contributed by atoms with Crippen molar-refractivity contribution < 1.29 is 14.4 Å². The molecule has 25 heavy (non-hydrogen) atoms. The zero-order valence-corrected chi connectivity index (χ0v) is 14.3. The van der Waals surface area contributed by atoms with E-state index in [0.29, 0.717) is 13.0 Å². The average molecular weight is 339 g/mol. The zero-order chi connectivity index (χ0) is 18.0. The largest absolute Gasteiger partial charge is 0.356 e. The van der Waals surface area contributed by atoms with Gasteiger partial charge in [-0.3, -0.25) is 14.5 Å². The van der Waals surface area contributed by atoms with Crippen LogP contribution in [0.1, 0.15) is 25.8 Å². The van der Waals surface area contributed by atoms with Crippen LogP contribution >= 0.6 is 0 Å². The minimum absolute atomic E-state index is 0.127. The van der Waals surface area contributed by atoms with Crippen LogP contribution in [0.4, 0.5) is 4.79 Å². The molecule has 0 aromatic heterocycles. The van der Waals surface area contributed by atoms with Crippen molar-refractivity contribution in [3.8, 4) is 0 Å². The van der Waals surface area contributed by atoms with Crippen molar-refractivity contribution in [2.75, 3.05) is 13.1 Å². The van der Waals surface area contributed by atoms with Crippen LogP contribution in [-0.2, 0) is 15.1 Å². The number of amides is 4. The van der Waals surface area contributed by atoms with Crippen LogP contribution in [0, 0.1) is 0 Å². The highest BCUT2D eigenvalue weighted by Crippen LogP contribution is 2.33. The van der Waals surface area contributed by atoms with Gasteiger partial charge in [-0.15, -0.1) is 0 Å². The van der Waals surface area contributed by atoms with Crippen LogP contribution in [0.25, 0.3) is 10.8 Å². The molecule has 1 aliphatic rings. The summed E-state index contributed by atoms with van der Waals surface area (Å²) in [6.07, 6.45) is 0.518. The van der Waals surface area contributed by atoms with Crippen molar-refractivity contribution >= 4 is 28.6 Å².